The van der Waals surface area contributed by atoms with Gasteiger partial charge in [0.25, 0.3) is 0 Å². The molecule has 17 heavy (non-hydrogen) atoms. The summed E-state index contributed by atoms with van der Waals surface area (Å²) in [6.07, 6.45) is 3.72. The standard InChI is InChI=1S/C15H24N2/c1-15(2)8-10-17(12-15)9-4-6-13-5-3-7-14(16)11-13/h3,5,7,11H,4,6,8-10,12,16H2,1-2H3. The van der Waals surface area contributed by atoms with Crippen molar-refractivity contribution < 1.29 is 0 Å². The first kappa shape index (κ1) is 12.4. The second-order valence-corrected chi connectivity index (χ2v) is 6.04. The Morgan fingerprint density at radius 1 is 1.35 bits per heavy atom. The molecule has 1 heterocycles. The zero-order chi connectivity index (χ0) is 12.3. The Morgan fingerprint density at radius 3 is 2.82 bits per heavy atom. The van der Waals surface area contributed by atoms with E-state index in [-0.39, 0.29) is 0 Å². The van der Waals surface area contributed by atoms with Crippen molar-refractivity contribution in [1.29, 1.82) is 0 Å². The van der Waals surface area contributed by atoms with Gasteiger partial charge in [0.15, 0.2) is 0 Å². The fourth-order valence-corrected chi connectivity index (χ4v) is 2.67. The molecule has 2 rings (SSSR count). The lowest BCUT2D eigenvalue weighted by atomic mass is 9.93. The monoisotopic (exact) mass is 232 g/mol. The second kappa shape index (κ2) is 5.09. The van der Waals surface area contributed by atoms with E-state index in [9.17, 15) is 0 Å². The molecular weight excluding hydrogens is 208 g/mol. The largest absolute Gasteiger partial charge is 0.399 e. The summed E-state index contributed by atoms with van der Waals surface area (Å²) in [5, 5.41) is 0. The SMILES string of the molecule is CC1(C)CCN(CCCc2cccc(N)c2)C1. The number of hydrogen-bond acceptors (Lipinski definition) is 2. The molecule has 1 fully saturated rings. The first-order valence-corrected chi connectivity index (χ1v) is 6.62. The van der Waals surface area contributed by atoms with Gasteiger partial charge in [-0.25, -0.2) is 0 Å². The predicted molar refractivity (Wildman–Crippen MR) is 74.0 cm³/mol. The Bertz CT molecular complexity index is 371. The van der Waals surface area contributed by atoms with E-state index in [2.05, 4.69) is 30.9 Å². The fraction of sp³-hybridized carbons (Fsp3) is 0.600. The van der Waals surface area contributed by atoms with Gasteiger partial charge < -0.3 is 10.6 Å². The molecule has 1 aliphatic rings. The third-order valence-corrected chi connectivity index (χ3v) is 3.65. The van der Waals surface area contributed by atoms with E-state index in [4.69, 9.17) is 5.73 Å². The minimum absolute atomic E-state index is 0.525. The van der Waals surface area contributed by atoms with Gasteiger partial charge >= 0.3 is 0 Å². The molecule has 1 aromatic carbocycles. The molecule has 0 unspecified atom stereocenters. The summed E-state index contributed by atoms with van der Waals surface area (Å²) in [6.45, 7) is 8.47. The van der Waals surface area contributed by atoms with Crippen molar-refractivity contribution in [3.05, 3.63) is 29.8 Å². The molecule has 0 spiro atoms. The molecule has 2 nitrogen and oxygen atoms in total. The molecule has 0 atom stereocenters. The smallest absolute Gasteiger partial charge is 0.0316 e. The number of benzene rings is 1. The maximum Gasteiger partial charge on any atom is 0.0316 e. The van der Waals surface area contributed by atoms with Gasteiger partial charge in [0.2, 0.25) is 0 Å². The van der Waals surface area contributed by atoms with Gasteiger partial charge in [0, 0.05) is 12.2 Å². The average Bonchev–Trinajstić information content (AvgIpc) is 2.58. The van der Waals surface area contributed by atoms with Gasteiger partial charge in [-0.15, -0.1) is 0 Å². The highest BCUT2D eigenvalue weighted by atomic mass is 15.1. The number of nitrogen functional groups attached to an aromatic ring is 1. The highest BCUT2D eigenvalue weighted by Gasteiger charge is 2.28. The van der Waals surface area contributed by atoms with Crippen molar-refractivity contribution in [2.75, 3.05) is 25.4 Å². The van der Waals surface area contributed by atoms with Crippen LogP contribution < -0.4 is 5.73 Å². The van der Waals surface area contributed by atoms with E-state index in [0.29, 0.717) is 5.41 Å². The Morgan fingerprint density at radius 2 is 2.18 bits per heavy atom. The van der Waals surface area contributed by atoms with Crippen LogP contribution in [-0.2, 0) is 6.42 Å². The van der Waals surface area contributed by atoms with Crippen molar-refractivity contribution >= 4 is 5.69 Å². The van der Waals surface area contributed by atoms with E-state index in [1.807, 2.05) is 12.1 Å². The summed E-state index contributed by atoms with van der Waals surface area (Å²) in [5.41, 5.74) is 8.55. The van der Waals surface area contributed by atoms with E-state index >= 15 is 0 Å². The minimum atomic E-state index is 0.525. The van der Waals surface area contributed by atoms with Crippen molar-refractivity contribution in [3.63, 3.8) is 0 Å². The highest BCUT2D eigenvalue weighted by molar-refractivity contribution is 5.40. The van der Waals surface area contributed by atoms with Gasteiger partial charge in [0.1, 0.15) is 0 Å². The summed E-state index contributed by atoms with van der Waals surface area (Å²) in [7, 11) is 0. The van der Waals surface area contributed by atoms with Crippen molar-refractivity contribution in [2.24, 2.45) is 5.41 Å². The zero-order valence-electron chi connectivity index (χ0n) is 11.1. The molecule has 0 aliphatic carbocycles. The maximum absolute atomic E-state index is 5.78. The minimum Gasteiger partial charge on any atom is -0.399 e. The Balaban J connectivity index is 1.73. The third kappa shape index (κ3) is 3.74. The number of anilines is 1. The van der Waals surface area contributed by atoms with Crippen LogP contribution in [0.5, 0.6) is 0 Å². The van der Waals surface area contributed by atoms with E-state index in [1.54, 1.807) is 0 Å². The number of nitrogens with two attached hydrogens (primary N) is 1. The molecule has 0 radical (unpaired) electrons. The van der Waals surface area contributed by atoms with Crippen LogP contribution in [0, 0.1) is 5.41 Å². The van der Waals surface area contributed by atoms with Gasteiger partial charge in [0.05, 0.1) is 0 Å². The van der Waals surface area contributed by atoms with Crippen LogP contribution in [0.25, 0.3) is 0 Å². The van der Waals surface area contributed by atoms with Gasteiger partial charge in [-0.3, -0.25) is 0 Å². The van der Waals surface area contributed by atoms with Crippen LogP contribution in [0.15, 0.2) is 24.3 Å². The number of hydrogen-bond donors (Lipinski definition) is 1. The average molecular weight is 232 g/mol. The number of likely N-dealkylation sites (tertiary alicyclic amines) is 1. The van der Waals surface area contributed by atoms with E-state index in [1.165, 1.54) is 38.0 Å². The molecule has 1 saturated heterocycles. The van der Waals surface area contributed by atoms with Crippen LogP contribution in [0.2, 0.25) is 0 Å². The Labute approximate surface area is 105 Å². The van der Waals surface area contributed by atoms with Crippen LogP contribution in [0.4, 0.5) is 5.69 Å². The molecule has 2 N–H and O–H groups in total. The first-order valence-electron chi connectivity index (χ1n) is 6.62. The summed E-state index contributed by atoms with van der Waals surface area (Å²) >= 11 is 0. The molecule has 2 heteroatoms. The van der Waals surface area contributed by atoms with Crippen LogP contribution in [0.3, 0.4) is 0 Å². The molecule has 1 aromatic rings. The summed E-state index contributed by atoms with van der Waals surface area (Å²) in [4.78, 5) is 2.59. The molecule has 0 saturated carbocycles. The lowest BCUT2D eigenvalue weighted by Crippen LogP contribution is -2.24. The summed E-state index contributed by atoms with van der Waals surface area (Å²) < 4.78 is 0. The maximum atomic E-state index is 5.78. The number of aryl methyl sites for hydroxylation is 1. The lowest BCUT2D eigenvalue weighted by Gasteiger charge is -2.19. The Kier molecular flexibility index (Phi) is 3.72. The quantitative estimate of drug-likeness (QED) is 0.809. The van der Waals surface area contributed by atoms with E-state index in [0.717, 1.165) is 12.1 Å². The third-order valence-electron chi connectivity index (χ3n) is 3.65. The second-order valence-electron chi connectivity index (χ2n) is 6.04. The topological polar surface area (TPSA) is 29.3 Å². The highest BCUT2D eigenvalue weighted by Crippen LogP contribution is 2.28. The van der Waals surface area contributed by atoms with Crippen LogP contribution in [-0.4, -0.2) is 24.5 Å². The summed E-state index contributed by atoms with van der Waals surface area (Å²) in [6, 6.07) is 8.26. The normalized spacial score (nSPS) is 19.6. The van der Waals surface area contributed by atoms with Gasteiger partial charge in [-0.05, 0) is 55.5 Å². The van der Waals surface area contributed by atoms with Crippen LogP contribution in [0.1, 0.15) is 32.3 Å². The summed E-state index contributed by atoms with van der Waals surface area (Å²) in [5.74, 6) is 0. The number of rotatable bonds is 4. The first-order chi connectivity index (χ1) is 8.05. The molecule has 0 aromatic heterocycles. The zero-order valence-corrected chi connectivity index (χ0v) is 11.1. The molecular formula is C15H24N2. The fourth-order valence-electron chi connectivity index (χ4n) is 2.67. The van der Waals surface area contributed by atoms with Gasteiger partial charge in [-0.2, -0.15) is 0 Å². The van der Waals surface area contributed by atoms with Crippen LogP contribution >= 0.6 is 0 Å². The lowest BCUT2D eigenvalue weighted by molar-refractivity contribution is 0.288. The van der Waals surface area contributed by atoms with Crippen molar-refractivity contribution in [2.45, 2.75) is 33.1 Å². The predicted octanol–water partition coefficient (Wildman–Crippen LogP) is 2.93. The molecule has 1 aliphatic heterocycles. The van der Waals surface area contributed by atoms with E-state index < -0.39 is 0 Å². The molecule has 0 bridgehead atoms. The Hall–Kier alpha value is -1.02. The van der Waals surface area contributed by atoms with Gasteiger partial charge in [-0.1, -0.05) is 26.0 Å². The van der Waals surface area contributed by atoms with Crippen molar-refractivity contribution in [3.8, 4) is 0 Å². The molecule has 0 amide bonds. The number of nitrogens with zero attached hydrogens (tertiary/aromatic N) is 1. The van der Waals surface area contributed by atoms with Crippen molar-refractivity contribution in [1.82, 2.24) is 4.90 Å². The molecule has 94 valence electrons.